The topological polar surface area (TPSA) is 88.9 Å². The Labute approximate surface area is 121 Å². The quantitative estimate of drug-likeness (QED) is 0.795. The lowest BCUT2D eigenvalue weighted by atomic mass is 10.2. The van der Waals surface area contributed by atoms with Gasteiger partial charge >= 0.3 is 5.97 Å². The van der Waals surface area contributed by atoms with E-state index in [0.717, 1.165) is 10.4 Å². The second-order valence-corrected chi connectivity index (χ2v) is 6.33. The van der Waals surface area contributed by atoms with Gasteiger partial charge in [0.15, 0.2) is 10.0 Å². The van der Waals surface area contributed by atoms with Crippen molar-refractivity contribution in [2.45, 2.75) is 16.2 Å². The molecule has 0 amide bonds. The lowest BCUT2D eigenvalue weighted by Gasteiger charge is -2.05. The minimum atomic E-state index is -1.10. The van der Waals surface area contributed by atoms with Gasteiger partial charge in [0.1, 0.15) is 5.01 Å². The van der Waals surface area contributed by atoms with E-state index < -0.39 is 5.97 Å². The first-order chi connectivity index (χ1) is 9.65. The number of aryl methyl sites for hydroxylation is 1. The Morgan fingerprint density at radius 1 is 1.20 bits per heavy atom. The third-order valence-electron chi connectivity index (χ3n) is 2.52. The fourth-order valence-corrected chi connectivity index (χ4v) is 3.64. The number of rotatable bonds is 3. The highest BCUT2D eigenvalue weighted by Crippen LogP contribution is 2.36. The van der Waals surface area contributed by atoms with Crippen molar-refractivity contribution in [3.63, 3.8) is 0 Å². The van der Waals surface area contributed by atoms with Crippen molar-refractivity contribution in [1.29, 1.82) is 0 Å². The molecule has 0 unspecified atom stereocenters. The van der Waals surface area contributed by atoms with E-state index in [0.29, 0.717) is 14.8 Å². The van der Waals surface area contributed by atoms with Crippen molar-refractivity contribution in [3.05, 3.63) is 35.0 Å². The molecule has 20 heavy (non-hydrogen) atoms. The van der Waals surface area contributed by atoms with Crippen LogP contribution in [0.5, 0.6) is 0 Å². The molecule has 0 bridgehead atoms. The zero-order chi connectivity index (χ0) is 14.1. The maximum Gasteiger partial charge on any atom is 0.357 e. The number of nitrogens with zero attached hydrogens (tertiary/aromatic N) is 4. The highest BCUT2D eigenvalue weighted by molar-refractivity contribution is 8.01. The van der Waals surface area contributed by atoms with Crippen LogP contribution in [0.4, 0.5) is 0 Å². The van der Waals surface area contributed by atoms with Gasteiger partial charge in [-0.1, -0.05) is 41.3 Å². The molecular formula is C12H8N4O2S2. The summed E-state index contributed by atoms with van der Waals surface area (Å²) in [5, 5.41) is 26.5. The molecule has 0 spiro atoms. The van der Waals surface area contributed by atoms with Crippen molar-refractivity contribution in [2.75, 3.05) is 0 Å². The number of carboxylic acid groups (broad SMARTS) is 1. The third-order valence-corrected chi connectivity index (χ3v) is 4.53. The molecule has 1 aromatic carbocycles. The van der Waals surface area contributed by atoms with E-state index in [1.807, 2.05) is 25.1 Å². The number of carboxylic acids is 1. The lowest BCUT2D eigenvalue weighted by Crippen LogP contribution is -2.05. The molecule has 3 rings (SSSR count). The largest absolute Gasteiger partial charge is 0.476 e. The van der Waals surface area contributed by atoms with Gasteiger partial charge in [-0.25, -0.2) is 4.79 Å². The molecule has 0 aliphatic rings. The molecule has 0 atom stereocenters. The normalized spacial score (nSPS) is 10.8. The minimum Gasteiger partial charge on any atom is -0.476 e. The van der Waals surface area contributed by atoms with Gasteiger partial charge in [-0.05, 0) is 13.0 Å². The average Bonchev–Trinajstić information content (AvgIpc) is 2.84. The van der Waals surface area contributed by atoms with Crippen LogP contribution in [0.2, 0.25) is 0 Å². The molecule has 6 nitrogen and oxygen atoms in total. The summed E-state index contributed by atoms with van der Waals surface area (Å²) in [7, 11) is 0. The van der Waals surface area contributed by atoms with Crippen LogP contribution in [0.15, 0.2) is 33.5 Å². The number of carbonyl (C=O) groups is 1. The smallest absolute Gasteiger partial charge is 0.357 e. The third kappa shape index (κ3) is 2.35. The van der Waals surface area contributed by atoms with Crippen LogP contribution in [-0.2, 0) is 0 Å². The lowest BCUT2D eigenvalue weighted by molar-refractivity contribution is 0.0685. The standard InChI is InChI=1S/C12H8N4O2S2/c1-6-13-16-12(19-6)20-10-7-4-2-3-5-8(7)14-15-9(10)11(17)18/h2-5H,1H3,(H,17,18). The van der Waals surface area contributed by atoms with Crippen LogP contribution >= 0.6 is 23.1 Å². The Morgan fingerprint density at radius 3 is 2.70 bits per heavy atom. The summed E-state index contributed by atoms with van der Waals surface area (Å²) in [6, 6.07) is 7.29. The van der Waals surface area contributed by atoms with Crippen molar-refractivity contribution < 1.29 is 9.90 Å². The summed E-state index contributed by atoms with van der Waals surface area (Å²) in [4.78, 5) is 11.9. The summed E-state index contributed by atoms with van der Waals surface area (Å²) < 4.78 is 0.683. The zero-order valence-electron chi connectivity index (χ0n) is 10.3. The monoisotopic (exact) mass is 304 g/mol. The highest BCUT2D eigenvalue weighted by atomic mass is 32.2. The number of aromatic nitrogens is 4. The van der Waals surface area contributed by atoms with Crippen LogP contribution in [0.1, 0.15) is 15.5 Å². The Morgan fingerprint density at radius 2 is 2.00 bits per heavy atom. The molecule has 2 aromatic heterocycles. The Kier molecular flexibility index (Phi) is 3.33. The van der Waals surface area contributed by atoms with Crippen LogP contribution in [0.3, 0.4) is 0 Å². The highest BCUT2D eigenvalue weighted by Gasteiger charge is 2.19. The molecule has 8 heteroatoms. The maximum atomic E-state index is 11.3. The molecule has 0 aliphatic heterocycles. The number of hydrogen-bond acceptors (Lipinski definition) is 7. The number of hydrogen-bond donors (Lipinski definition) is 1. The first-order valence-electron chi connectivity index (χ1n) is 5.62. The Hall–Kier alpha value is -2.06. The fourth-order valence-electron chi connectivity index (χ4n) is 1.68. The van der Waals surface area contributed by atoms with Gasteiger partial charge in [-0.3, -0.25) is 0 Å². The van der Waals surface area contributed by atoms with Crippen LogP contribution in [-0.4, -0.2) is 31.5 Å². The first-order valence-corrected chi connectivity index (χ1v) is 7.25. The summed E-state index contributed by atoms with van der Waals surface area (Å²) in [6.07, 6.45) is 0. The maximum absolute atomic E-state index is 11.3. The predicted molar refractivity (Wildman–Crippen MR) is 75.3 cm³/mol. The van der Waals surface area contributed by atoms with E-state index in [-0.39, 0.29) is 5.69 Å². The Balaban J connectivity index is 2.19. The van der Waals surface area contributed by atoms with Crippen molar-refractivity contribution >= 4 is 40.0 Å². The van der Waals surface area contributed by atoms with Crippen LogP contribution in [0, 0.1) is 6.92 Å². The molecule has 2 heterocycles. The van der Waals surface area contributed by atoms with E-state index >= 15 is 0 Å². The van der Waals surface area contributed by atoms with E-state index in [2.05, 4.69) is 20.4 Å². The van der Waals surface area contributed by atoms with E-state index in [1.54, 1.807) is 6.07 Å². The molecule has 3 aromatic rings. The average molecular weight is 304 g/mol. The fraction of sp³-hybridized carbons (Fsp3) is 0.0833. The van der Waals surface area contributed by atoms with Gasteiger partial charge in [0.2, 0.25) is 0 Å². The second-order valence-electron chi connectivity index (χ2n) is 3.89. The number of aromatic carboxylic acids is 1. The van der Waals surface area contributed by atoms with Crippen molar-refractivity contribution in [2.24, 2.45) is 0 Å². The van der Waals surface area contributed by atoms with Crippen molar-refractivity contribution in [1.82, 2.24) is 20.4 Å². The van der Waals surface area contributed by atoms with Gasteiger partial charge in [0.05, 0.1) is 10.4 Å². The van der Waals surface area contributed by atoms with Gasteiger partial charge in [-0.15, -0.1) is 20.4 Å². The van der Waals surface area contributed by atoms with E-state index in [4.69, 9.17) is 0 Å². The van der Waals surface area contributed by atoms with Gasteiger partial charge in [-0.2, -0.15) is 0 Å². The molecule has 0 saturated heterocycles. The van der Waals surface area contributed by atoms with Crippen LogP contribution in [0.25, 0.3) is 10.9 Å². The first kappa shape index (κ1) is 12.9. The molecule has 0 saturated carbocycles. The zero-order valence-corrected chi connectivity index (χ0v) is 11.9. The number of benzene rings is 1. The summed E-state index contributed by atoms with van der Waals surface area (Å²) in [5.74, 6) is -1.10. The Bertz CT molecular complexity index is 803. The van der Waals surface area contributed by atoms with E-state index in [1.165, 1.54) is 23.1 Å². The predicted octanol–water partition coefficient (Wildman–Crippen LogP) is 2.64. The van der Waals surface area contributed by atoms with Gasteiger partial charge < -0.3 is 5.11 Å². The van der Waals surface area contributed by atoms with E-state index in [9.17, 15) is 9.90 Å². The summed E-state index contributed by atoms with van der Waals surface area (Å²) in [6.45, 7) is 1.85. The molecule has 0 aliphatic carbocycles. The van der Waals surface area contributed by atoms with Crippen molar-refractivity contribution in [3.8, 4) is 0 Å². The number of fused-ring (bicyclic) bond motifs is 1. The molecule has 1 N–H and O–H groups in total. The van der Waals surface area contributed by atoms with Crippen LogP contribution < -0.4 is 0 Å². The molecule has 0 radical (unpaired) electrons. The summed E-state index contributed by atoms with van der Waals surface area (Å²) >= 11 is 2.67. The summed E-state index contributed by atoms with van der Waals surface area (Å²) in [5.41, 5.74) is 0.586. The molecule has 100 valence electrons. The van der Waals surface area contributed by atoms with Gasteiger partial charge in [0, 0.05) is 5.39 Å². The minimum absolute atomic E-state index is 0.0680. The second kappa shape index (κ2) is 5.14. The molecular weight excluding hydrogens is 296 g/mol. The SMILES string of the molecule is Cc1nnc(Sc2c(C(=O)O)nnc3ccccc23)s1. The van der Waals surface area contributed by atoms with Gasteiger partial charge in [0.25, 0.3) is 0 Å². The molecule has 0 fully saturated rings.